The van der Waals surface area contributed by atoms with Crippen molar-refractivity contribution in [1.82, 2.24) is 10.3 Å². The molecule has 0 fully saturated rings. The lowest BCUT2D eigenvalue weighted by molar-refractivity contribution is 0.537. The number of rotatable bonds is 8. The number of aryl methyl sites for hydroxylation is 2. The number of hydrogen-bond acceptors (Lipinski definition) is 4. The molecule has 0 aliphatic heterocycles. The Morgan fingerprint density at radius 1 is 1.35 bits per heavy atom. The van der Waals surface area contributed by atoms with E-state index in [1.54, 1.807) is 0 Å². The van der Waals surface area contributed by atoms with E-state index in [0.717, 1.165) is 13.0 Å². The summed E-state index contributed by atoms with van der Waals surface area (Å²) in [5.41, 5.74) is 1.27. The van der Waals surface area contributed by atoms with Crippen molar-refractivity contribution in [1.29, 1.82) is 0 Å². The number of thiazole rings is 1. The highest BCUT2D eigenvalue weighted by Gasteiger charge is 2.15. The second kappa shape index (κ2) is 8.11. The SMILES string of the molecule is CCNC(CCSCC)c1nc(CC)c(C)s1. The summed E-state index contributed by atoms with van der Waals surface area (Å²) in [6.07, 6.45) is 2.23. The molecule has 2 nitrogen and oxygen atoms in total. The molecule has 1 aromatic rings. The Morgan fingerprint density at radius 2 is 2.12 bits per heavy atom. The third kappa shape index (κ3) is 4.60. The summed E-state index contributed by atoms with van der Waals surface area (Å²) in [5.74, 6) is 2.42. The molecule has 0 aliphatic carbocycles. The van der Waals surface area contributed by atoms with Crippen molar-refractivity contribution < 1.29 is 0 Å². The summed E-state index contributed by atoms with van der Waals surface area (Å²) in [6.45, 7) is 9.77. The summed E-state index contributed by atoms with van der Waals surface area (Å²) in [5, 5.41) is 4.83. The molecule has 0 amide bonds. The molecule has 1 unspecified atom stereocenters. The van der Waals surface area contributed by atoms with Gasteiger partial charge in [-0.2, -0.15) is 11.8 Å². The first kappa shape index (κ1) is 15.0. The van der Waals surface area contributed by atoms with Crippen LogP contribution in [0.25, 0.3) is 0 Å². The molecule has 0 bridgehead atoms. The van der Waals surface area contributed by atoms with Crippen LogP contribution in [0.1, 0.15) is 48.8 Å². The maximum atomic E-state index is 4.77. The summed E-state index contributed by atoms with van der Waals surface area (Å²) in [6, 6.07) is 0.447. The number of aromatic nitrogens is 1. The van der Waals surface area contributed by atoms with Gasteiger partial charge in [-0.1, -0.05) is 20.8 Å². The zero-order chi connectivity index (χ0) is 12.7. The van der Waals surface area contributed by atoms with E-state index < -0.39 is 0 Å². The zero-order valence-electron chi connectivity index (χ0n) is 11.4. The van der Waals surface area contributed by atoms with E-state index in [9.17, 15) is 0 Å². The molecule has 0 saturated heterocycles. The van der Waals surface area contributed by atoms with Gasteiger partial charge >= 0.3 is 0 Å². The fourth-order valence-corrected chi connectivity index (χ4v) is 3.64. The largest absolute Gasteiger partial charge is 0.308 e. The number of nitrogens with one attached hydrogen (secondary N) is 1. The first-order chi connectivity index (χ1) is 8.22. The first-order valence-electron chi connectivity index (χ1n) is 6.50. The van der Waals surface area contributed by atoms with Gasteiger partial charge in [-0.15, -0.1) is 11.3 Å². The highest BCUT2D eigenvalue weighted by Crippen LogP contribution is 2.26. The predicted molar refractivity (Wildman–Crippen MR) is 80.3 cm³/mol. The van der Waals surface area contributed by atoms with Gasteiger partial charge < -0.3 is 5.32 Å². The van der Waals surface area contributed by atoms with E-state index in [4.69, 9.17) is 4.98 Å². The van der Waals surface area contributed by atoms with Gasteiger partial charge in [-0.05, 0) is 37.8 Å². The third-order valence-corrected chi connectivity index (χ3v) is 4.81. The average Bonchev–Trinajstić information content (AvgIpc) is 2.69. The van der Waals surface area contributed by atoms with Crippen LogP contribution in [0.15, 0.2) is 0 Å². The molecular formula is C13H24N2S2. The van der Waals surface area contributed by atoms with Crippen LogP contribution in [-0.2, 0) is 6.42 Å². The van der Waals surface area contributed by atoms with Gasteiger partial charge in [0, 0.05) is 4.88 Å². The highest BCUT2D eigenvalue weighted by molar-refractivity contribution is 7.99. The van der Waals surface area contributed by atoms with E-state index in [-0.39, 0.29) is 0 Å². The predicted octanol–water partition coefficient (Wildman–Crippen LogP) is 3.81. The molecule has 4 heteroatoms. The Kier molecular flexibility index (Phi) is 7.16. The van der Waals surface area contributed by atoms with Crippen LogP contribution < -0.4 is 5.32 Å². The van der Waals surface area contributed by atoms with Gasteiger partial charge in [0.15, 0.2) is 0 Å². The lowest BCUT2D eigenvalue weighted by Crippen LogP contribution is -2.21. The lowest BCUT2D eigenvalue weighted by Gasteiger charge is -2.14. The Hall–Kier alpha value is -0.0600. The molecule has 1 rings (SSSR count). The second-order valence-corrected chi connectivity index (χ2v) is 6.63. The normalized spacial score (nSPS) is 12.9. The fourth-order valence-electron chi connectivity index (χ4n) is 1.83. The quantitative estimate of drug-likeness (QED) is 0.729. The van der Waals surface area contributed by atoms with Gasteiger partial charge in [0.1, 0.15) is 5.01 Å². The molecular weight excluding hydrogens is 248 g/mol. The summed E-state index contributed by atoms with van der Waals surface area (Å²) in [4.78, 5) is 6.16. The Morgan fingerprint density at radius 3 is 2.65 bits per heavy atom. The topological polar surface area (TPSA) is 24.9 Å². The Balaban J connectivity index is 2.67. The van der Waals surface area contributed by atoms with E-state index in [0.29, 0.717) is 6.04 Å². The highest BCUT2D eigenvalue weighted by atomic mass is 32.2. The minimum absolute atomic E-state index is 0.447. The van der Waals surface area contributed by atoms with Gasteiger partial charge in [-0.3, -0.25) is 0 Å². The van der Waals surface area contributed by atoms with Crippen molar-refractivity contribution in [3.8, 4) is 0 Å². The van der Waals surface area contributed by atoms with Gasteiger partial charge in [0.25, 0.3) is 0 Å². The van der Waals surface area contributed by atoms with Crippen molar-refractivity contribution in [3.05, 3.63) is 15.6 Å². The van der Waals surface area contributed by atoms with Gasteiger partial charge in [-0.25, -0.2) is 4.98 Å². The van der Waals surface area contributed by atoms with Crippen LogP contribution in [0.4, 0.5) is 0 Å². The van der Waals surface area contributed by atoms with Crippen LogP contribution in [0.5, 0.6) is 0 Å². The third-order valence-electron chi connectivity index (χ3n) is 2.75. The minimum Gasteiger partial charge on any atom is -0.308 e. The van der Waals surface area contributed by atoms with Crippen LogP contribution in [0.3, 0.4) is 0 Å². The molecule has 0 saturated carbocycles. The van der Waals surface area contributed by atoms with Gasteiger partial charge in [0.2, 0.25) is 0 Å². The monoisotopic (exact) mass is 272 g/mol. The summed E-state index contributed by atoms with van der Waals surface area (Å²) in [7, 11) is 0. The van der Waals surface area contributed by atoms with Crippen molar-refractivity contribution >= 4 is 23.1 Å². The van der Waals surface area contributed by atoms with Crippen LogP contribution in [-0.4, -0.2) is 23.0 Å². The van der Waals surface area contributed by atoms with Crippen LogP contribution >= 0.6 is 23.1 Å². The number of thioether (sulfide) groups is 1. The van der Waals surface area contributed by atoms with Crippen molar-refractivity contribution in [2.75, 3.05) is 18.1 Å². The number of nitrogens with zero attached hydrogens (tertiary/aromatic N) is 1. The average molecular weight is 272 g/mol. The minimum atomic E-state index is 0.447. The maximum Gasteiger partial charge on any atom is 0.110 e. The smallest absolute Gasteiger partial charge is 0.110 e. The fraction of sp³-hybridized carbons (Fsp3) is 0.769. The Bertz CT molecular complexity index is 323. The Labute approximate surface area is 114 Å². The van der Waals surface area contributed by atoms with Gasteiger partial charge in [0.05, 0.1) is 11.7 Å². The van der Waals surface area contributed by atoms with E-state index in [1.807, 2.05) is 23.1 Å². The molecule has 1 N–H and O–H groups in total. The zero-order valence-corrected chi connectivity index (χ0v) is 13.0. The maximum absolute atomic E-state index is 4.77. The molecule has 1 aromatic heterocycles. The van der Waals surface area contributed by atoms with Crippen molar-refractivity contribution in [3.63, 3.8) is 0 Å². The molecule has 98 valence electrons. The van der Waals surface area contributed by atoms with Crippen LogP contribution in [0, 0.1) is 6.92 Å². The molecule has 0 spiro atoms. The van der Waals surface area contributed by atoms with Crippen LogP contribution in [0.2, 0.25) is 0 Å². The van der Waals surface area contributed by atoms with Crippen molar-refractivity contribution in [2.24, 2.45) is 0 Å². The molecule has 0 aliphatic rings. The second-order valence-electron chi connectivity index (χ2n) is 4.00. The molecule has 1 atom stereocenters. The molecule has 17 heavy (non-hydrogen) atoms. The van der Waals surface area contributed by atoms with E-state index in [2.05, 4.69) is 33.0 Å². The molecule has 0 aromatic carbocycles. The standard InChI is InChI=1S/C13H24N2S2/c1-5-11-10(4)17-13(15-11)12(14-6-2)8-9-16-7-3/h12,14H,5-9H2,1-4H3. The van der Waals surface area contributed by atoms with E-state index >= 15 is 0 Å². The summed E-state index contributed by atoms with van der Waals surface area (Å²) >= 11 is 3.87. The summed E-state index contributed by atoms with van der Waals surface area (Å²) < 4.78 is 0. The van der Waals surface area contributed by atoms with E-state index in [1.165, 1.54) is 33.5 Å². The lowest BCUT2D eigenvalue weighted by atomic mass is 10.2. The van der Waals surface area contributed by atoms with Crippen molar-refractivity contribution in [2.45, 2.75) is 46.6 Å². The number of hydrogen-bond donors (Lipinski definition) is 1. The molecule has 0 radical (unpaired) electrons. The molecule has 1 heterocycles. The first-order valence-corrected chi connectivity index (χ1v) is 8.47.